The lowest BCUT2D eigenvalue weighted by molar-refractivity contribution is 1.14. The van der Waals surface area contributed by atoms with E-state index in [-0.39, 0.29) is 0 Å². The van der Waals surface area contributed by atoms with Crippen LogP contribution in [0.15, 0.2) is 59.3 Å². The van der Waals surface area contributed by atoms with Crippen LogP contribution in [-0.2, 0) is 0 Å². The van der Waals surface area contributed by atoms with Gasteiger partial charge in [-0.25, -0.2) is 0 Å². The Morgan fingerprint density at radius 3 is 2.38 bits per heavy atom. The van der Waals surface area contributed by atoms with Gasteiger partial charge in [-0.3, -0.25) is 0 Å². The topological polar surface area (TPSA) is 0 Å². The van der Waals surface area contributed by atoms with Crippen molar-refractivity contribution >= 4 is 32.1 Å². The zero-order chi connectivity index (χ0) is 11.2. The van der Waals surface area contributed by atoms with Gasteiger partial charge in [-0.15, -0.1) is 29.3 Å². The molecule has 0 radical (unpaired) electrons. The fraction of sp³-hybridized carbons (Fsp3) is 0.143. The monoisotopic (exact) mass is 246 g/mol. The first kappa shape index (κ1) is 11.4. The molecule has 2 aromatic rings. The van der Waals surface area contributed by atoms with E-state index in [4.69, 9.17) is 0 Å². The van der Waals surface area contributed by atoms with Crippen LogP contribution >= 0.6 is 22.7 Å². The third-order valence-electron chi connectivity index (χ3n) is 2.33. The molecule has 2 heterocycles. The van der Waals surface area contributed by atoms with Crippen LogP contribution in [0.5, 0.6) is 0 Å². The predicted molar refractivity (Wildman–Crippen MR) is 76.4 cm³/mol. The predicted octanol–water partition coefficient (Wildman–Crippen LogP) is 5.41. The van der Waals surface area contributed by atoms with Gasteiger partial charge >= 0.3 is 0 Å². The first-order valence-corrected chi connectivity index (χ1v) is 7.02. The minimum Gasteiger partial charge on any atom is -0.143 e. The Hall–Kier alpha value is -1.12. The minimum atomic E-state index is 1.05. The molecule has 0 bridgehead atoms. The number of rotatable bonds is 2. The Morgan fingerprint density at radius 2 is 1.88 bits per heavy atom. The molecule has 0 saturated heterocycles. The molecule has 0 nitrogen and oxygen atoms in total. The maximum atomic E-state index is 3.66. The summed E-state index contributed by atoms with van der Waals surface area (Å²) in [5, 5.41) is 4.25. The van der Waals surface area contributed by atoms with E-state index in [0.717, 1.165) is 12.8 Å². The molecule has 0 spiro atoms. The van der Waals surface area contributed by atoms with E-state index in [9.17, 15) is 0 Å². The standard InChI is InChI=1S/C8H10.C6H4S2/c1-2-5-8-6-3-4-7-8;1-3-7-6-2-4-8-5(1)6/h2-4,6H,1,5,7H2;1-4H. The lowest BCUT2D eigenvalue weighted by Gasteiger charge is -1.90. The van der Waals surface area contributed by atoms with E-state index in [1.807, 2.05) is 6.08 Å². The number of hydrogen-bond donors (Lipinski definition) is 0. The van der Waals surface area contributed by atoms with Gasteiger partial charge in [-0.1, -0.05) is 29.9 Å². The fourth-order valence-corrected chi connectivity index (χ4v) is 3.35. The normalized spacial score (nSPS) is 13.4. The lowest BCUT2D eigenvalue weighted by atomic mass is 10.2. The number of thiophene rings is 2. The summed E-state index contributed by atoms with van der Waals surface area (Å²) in [6.07, 6.45) is 10.5. The minimum absolute atomic E-state index is 1.05. The SMILES string of the molecule is C=CCC1=CC=CC1.c1cc2sccc2s1. The van der Waals surface area contributed by atoms with Gasteiger partial charge in [0.2, 0.25) is 0 Å². The summed E-state index contributed by atoms with van der Waals surface area (Å²) >= 11 is 3.61. The van der Waals surface area contributed by atoms with Gasteiger partial charge in [0.15, 0.2) is 0 Å². The molecule has 82 valence electrons. The zero-order valence-electron chi connectivity index (χ0n) is 9.06. The van der Waals surface area contributed by atoms with Crippen LogP contribution in [0.25, 0.3) is 9.40 Å². The maximum absolute atomic E-state index is 3.66. The third kappa shape index (κ3) is 2.94. The van der Waals surface area contributed by atoms with Crippen molar-refractivity contribution in [3.05, 3.63) is 59.3 Å². The Balaban J connectivity index is 0.000000120. The van der Waals surface area contributed by atoms with Crippen molar-refractivity contribution < 1.29 is 0 Å². The summed E-state index contributed by atoms with van der Waals surface area (Å²) < 4.78 is 2.82. The summed E-state index contributed by atoms with van der Waals surface area (Å²) in [5.74, 6) is 0. The van der Waals surface area contributed by atoms with E-state index in [0.29, 0.717) is 0 Å². The average Bonchev–Trinajstić information content (AvgIpc) is 2.95. The molecule has 16 heavy (non-hydrogen) atoms. The van der Waals surface area contributed by atoms with Gasteiger partial charge in [0.25, 0.3) is 0 Å². The maximum Gasteiger partial charge on any atom is 0.0450 e. The Bertz CT molecular complexity index is 460. The summed E-state index contributed by atoms with van der Waals surface area (Å²) in [6, 6.07) is 4.31. The van der Waals surface area contributed by atoms with Crippen LogP contribution in [0.4, 0.5) is 0 Å². The summed E-state index contributed by atoms with van der Waals surface area (Å²) in [5.41, 5.74) is 1.47. The van der Waals surface area contributed by atoms with Crippen molar-refractivity contribution in [2.75, 3.05) is 0 Å². The molecular weight excluding hydrogens is 232 g/mol. The van der Waals surface area contributed by atoms with Gasteiger partial charge < -0.3 is 0 Å². The van der Waals surface area contributed by atoms with Crippen LogP contribution in [0.3, 0.4) is 0 Å². The summed E-state index contributed by atoms with van der Waals surface area (Å²) in [6.45, 7) is 3.66. The highest BCUT2D eigenvalue weighted by Crippen LogP contribution is 2.25. The van der Waals surface area contributed by atoms with E-state index in [2.05, 4.69) is 47.7 Å². The molecule has 2 heteroatoms. The van der Waals surface area contributed by atoms with Crippen LogP contribution in [0.2, 0.25) is 0 Å². The second kappa shape index (κ2) is 5.83. The summed E-state index contributed by atoms with van der Waals surface area (Å²) in [4.78, 5) is 0. The number of allylic oxidation sites excluding steroid dienone is 5. The van der Waals surface area contributed by atoms with Crippen LogP contribution in [-0.4, -0.2) is 0 Å². The smallest absolute Gasteiger partial charge is 0.0450 e. The van der Waals surface area contributed by atoms with Crippen LogP contribution in [0, 0.1) is 0 Å². The van der Waals surface area contributed by atoms with Crippen molar-refractivity contribution in [2.24, 2.45) is 0 Å². The first-order valence-electron chi connectivity index (χ1n) is 5.26. The van der Waals surface area contributed by atoms with Gasteiger partial charge in [-0.2, -0.15) is 0 Å². The number of hydrogen-bond acceptors (Lipinski definition) is 2. The molecule has 0 aromatic carbocycles. The van der Waals surface area contributed by atoms with Crippen molar-refractivity contribution in [1.82, 2.24) is 0 Å². The molecule has 2 aromatic heterocycles. The quantitative estimate of drug-likeness (QED) is 0.621. The van der Waals surface area contributed by atoms with E-state index >= 15 is 0 Å². The molecule has 0 N–H and O–H groups in total. The van der Waals surface area contributed by atoms with Crippen molar-refractivity contribution in [2.45, 2.75) is 12.8 Å². The molecule has 0 unspecified atom stereocenters. The second-order valence-corrected chi connectivity index (χ2v) is 5.42. The lowest BCUT2D eigenvalue weighted by Crippen LogP contribution is -1.70. The van der Waals surface area contributed by atoms with Gasteiger partial charge in [0.05, 0.1) is 0 Å². The summed E-state index contributed by atoms with van der Waals surface area (Å²) in [7, 11) is 0. The zero-order valence-corrected chi connectivity index (χ0v) is 10.7. The molecule has 1 aliphatic carbocycles. The fourth-order valence-electron chi connectivity index (χ4n) is 1.53. The Labute approximate surface area is 104 Å². The van der Waals surface area contributed by atoms with E-state index in [1.165, 1.54) is 15.0 Å². The largest absolute Gasteiger partial charge is 0.143 e. The molecule has 3 rings (SSSR count). The average molecular weight is 246 g/mol. The molecule has 1 aliphatic rings. The molecule has 0 saturated carbocycles. The molecule has 0 amide bonds. The van der Waals surface area contributed by atoms with Gasteiger partial charge in [-0.05, 0) is 35.7 Å². The van der Waals surface area contributed by atoms with Crippen molar-refractivity contribution in [3.63, 3.8) is 0 Å². The van der Waals surface area contributed by atoms with Gasteiger partial charge in [0, 0.05) is 9.40 Å². The van der Waals surface area contributed by atoms with E-state index < -0.39 is 0 Å². The van der Waals surface area contributed by atoms with Gasteiger partial charge in [0.1, 0.15) is 0 Å². The molecule has 0 fully saturated rings. The first-order chi connectivity index (χ1) is 7.90. The highest BCUT2D eigenvalue weighted by atomic mass is 32.1. The molecule has 0 aliphatic heterocycles. The molecular formula is C14H14S2. The Kier molecular flexibility index (Phi) is 4.14. The third-order valence-corrected chi connectivity index (χ3v) is 4.22. The van der Waals surface area contributed by atoms with Crippen molar-refractivity contribution in [3.8, 4) is 0 Å². The highest BCUT2D eigenvalue weighted by molar-refractivity contribution is 7.25. The molecule has 0 atom stereocenters. The van der Waals surface area contributed by atoms with Crippen molar-refractivity contribution in [1.29, 1.82) is 0 Å². The second-order valence-electron chi connectivity index (χ2n) is 3.52. The Morgan fingerprint density at radius 1 is 1.19 bits per heavy atom. The van der Waals surface area contributed by atoms with Crippen LogP contribution < -0.4 is 0 Å². The number of fused-ring (bicyclic) bond motifs is 1. The van der Waals surface area contributed by atoms with E-state index in [1.54, 1.807) is 22.7 Å². The van der Waals surface area contributed by atoms with Crippen LogP contribution in [0.1, 0.15) is 12.8 Å². The highest BCUT2D eigenvalue weighted by Gasteiger charge is 1.93.